The van der Waals surface area contributed by atoms with Crippen molar-refractivity contribution in [3.8, 4) is 0 Å². The molecule has 0 heterocycles. The molecule has 0 aliphatic carbocycles. The van der Waals surface area contributed by atoms with Crippen molar-refractivity contribution in [2.24, 2.45) is 5.73 Å². The highest BCUT2D eigenvalue weighted by atomic mass is 16.4. The van der Waals surface area contributed by atoms with E-state index in [1.54, 1.807) is 0 Å². The fourth-order valence-electron chi connectivity index (χ4n) is 3.26. The molecule has 0 atom stereocenters. The lowest BCUT2D eigenvalue weighted by atomic mass is 10.0. The number of hydrogen-bond acceptors (Lipinski definition) is 6. The smallest absolute Gasteiger partial charge is 0.317 e. The van der Waals surface area contributed by atoms with Crippen molar-refractivity contribution >= 4 is 11.9 Å². The molecule has 1 rings (SSSR count). The van der Waals surface area contributed by atoms with Crippen LogP contribution in [0, 0.1) is 0 Å². The van der Waals surface area contributed by atoms with Crippen LogP contribution < -0.4 is 5.73 Å². The molecule has 1 aromatic rings. The van der Waals surface area contributed by atoms with Gasteiger partial charge in [0, 0.05) is 26.2 Å². The molecule has 8 nitrogen and oxygen atoms in total. The molecule has 30 heavy (non-hydrogen) atoms. The Kier molecular flexibility index (Phi) is 12.9. The summed E-state index contributed by atoms with van der Waals surface area (Å²) in [5.74, 6) is -2.01. The number of rotatable bonds is 17. The molecule has 0 spiro atoms. The van der Waals surface area contributed by atoms with Crippen LogP contribution >= 0.6 is 0 Å². The van der Waals surface area contributed by atoms with E-state index in [0.29, 0.717) is 19.6 Å². The zero-order valence-corrected chi connectivity index (χ0v) is 18.4. The Labute approximate surface area is 180 Å². The van der Waals surface area contributed by atoms with Gasteiger partial charge < -0.3 is 25.7 Å². The second-order valence-corrected chi connectivity index (χ2v) is 7.96. The summed E-state index contributed by atoms with van der Waals surface area (Å²) in [6.07, 6.45) is 4.04. The number of carboxylic acid groups (broad SMARTS) is 2. The second kappa shape index (κ2) is 14.9. The van der Waals surface area contributed by atoms with Crippen molar-refractivity contribution < 1.29 is 19.8 Å². The van der Waals surface area contributed by atoms with Gasteiger partial charge in [0.05, 0.1) is 13.1 Å². The van der Waals surface area contributed by atoms with Gasteiger partial charge in [0.25, 0.3) is 0 Å². The van der Waals surface area contributed by atoms with Gasteiger partial charge in [-0.2, -0.15) is 0 Å². The number of hydrogen-bond donors (Lipinski definition) is 3. The normalized spacial score (nSPS) is 11.5. The number of aryl methyl sites for hydroxylation is 1. The summed E-state index contributed by atoms with van der Waals surface area (Å²) in [4.78, 5) is 27.9. The molecule has 0 aliphatic heterocycles. The van der Waals surface area contributed by atoms with E-state index < -0.39 is 11.9 Å². The van der Waals surface area contributed by atoms with Crippen molar-refractivity contribution in [1.29, 1.82) is 0 Å². The third-order valence-electron chi connectivity index (χ3n) is 4.96. The van der Waals surface area contributed by atoms with Crippen molar-refractivity contribution in [3.63, 3.8) is 0 Å². The maximum atomic E-state index is 11.0. The van der Waals surface area contributed by atoms with Crippen molar-refractivity contribution in [1.82, 2.24) is 14.7 Å². The van der Waals surface area contributed by atoms with Gasteiger partial charge in [0.15, 0.2) is 0 Å². The lowest BCUT2D eigenvalue weighted by molar-refractivity contribution is -0.141. The Morgan fingerprint density at radius 2 is 1.27 bits per heavy atom. The van der Waals surface area contributed by atoms with E-state index in [4.69, 9.17) is 15.9 Å². The number of carboxylic acids is 2. The topological polar surface area (TPSA) is 110 Å². The third kappa shape index (κ3) is 12.5. The highest BCUT2D eigenvalue weighted by Crippen LogP contribution is 2.09. The highest BCUT2D eigenvalue weighted by Gasteiger charge is 2.15. The highest BCUT2D eigenvalue weighted by molar-refractivity contribution is 5.72. The number of benzene rings is 1. The van der Waals surface area contributed by atoms with Gasteiger partial charge in [0.2, 0.25) is 0 Å². The summed E-state index contributed by atoms with van der Waals surface area (Å²) in [5, 5.41) is 18.0. The number of nitrogens with zero attached hydrogens (tertiary/aromatic N) is 3. The Balaban J connectivity index is 2.47. The van der Waals surface area contributed by atoms with Crippen LogP contribution in [0.15, 0.2) is 24.3 Å². The van der Waals surface area contributed by atoms with Gasteiger partial charge in [-0.05, 0) is 64.0 Å². The minimum atomic E-state index is -1.01. The van der Waals surface area contributed by atoms with E-state index in [1.807, 2.05) is 14.1 Å². The molecular formula is C22H38N4O4. The molecule has 0 bridgehead atoms. The van der Waals surface area contributed by atoms with Gasteiger partial charge in [-0.15, -0.1) is 0 Å². The monoisotopic (exact) mass is 422 g/mol. The third-order valence-corrected chi connectivity index (χ3v) is 4.96. The first-order valence-corrected chi connectivity index (χ1v) is 10.6. The number of nitrogens with two attached hydrogens (primary N) is 1. The zero-order chi connectivity index (χ0) is 22.4. The minimum Gasteiger partial charge on any atom is -0.480 e. The SMILES string of the molecule is CN(C)CCN(CCCCc1ccc(CCN)cc1)CCN(CC(=O)O)CC(=O)O. The van der Waals surface area contributed by atoms with E-state index in [1.165, 1.54) is 16.0 Å². The molecular weight excluding hydrogens is 384 g/mol. The molecule has 0 radical (unpaired) electrons. The molecule has 4 N–H and O–H groups in total. The minimum absolute atomic E-state index is 0.256. The standard InChI is InChI=1S/C22H38N4O4/c1-24(2)13-14-25(15-16-26(17-21(27)28)18-22(29)30)12-4-3-5-19-6-8-20(9-7-19)10-11-23/h6-9H,3-5,10-18,23H2,1-2H3,(H,27,28)(H,29,30). The molecule has 170 valence electrons. The summed E-state index contributed by atoms with van der Waals surface area (Å²) in [6.45, 7) is 3.92. The van der Waals surface area contributed by atoms with E-state index in [0.717, 1.165) is 45.3 Å². The lowest BCUT2D eigenvalue weighted by Crippen LogP contribution is -2.42. The molecule has 0 aliphatic rings. The van der Waals surface area contributed by atoms with Crippen molar-refractivity contribution in [3.05, 3.63) is 35.4 Å². The first kappa shape index (κ1) is 26.0. The van der Waals surface area contributed by atoms with Crippen LogP contribution in [-0.2, 0) is 22.4 Å². The molecule has 0 aromatic heterocycles. The average molecular weight is 423 g/mol. The van der Waals surface area contributed by atoms with Gasteiger partial charge in [-0.25, -0.2) is 0 Å². The van der Waals surface area contributed by atoms with Gasteiger partial charge in [0.1, 0.15) is 0 Å². The summed E-state index contributed by atoms with van der Waals surface area (Å²) >= 11 is 0. The fourth-order valence-corrected chi connectivity index (χ4v) is 3.26. The first-order valence-electron chi connectivity index (χ1n) is 10.6. The van der Waals surface area contributed by atoms with Crippen molar-refractivity contribution in [2.75, 3.05) is 66.5 Å². The van der Waals surface area contributed by atoms with Crippen molar-refractivity contribution in [2.45, 2.75) is 25.7 Å². The number of unbranched alkanes of at least 4 members (excludes halogenated alkanes) is 1. The molecule has 0 fully saturated rings. The Morgan fingerprint density at radius 1 is 0.767 bits per heavy atom. The van der Waals surface area contributed by atoms with E-state index in [-0.39, 0.29) is 13.1 Å². The van der Waals surface area contributed by atoms with Crippen LogP contribution in [0.5, 0.6) is 0 Å². The summed E-state index contributed by atoms with van der Waals surface area (Å²) in [5.41, 5.74) is 8.18. The number of aliphatic carboxylic acids is 2. The van der Waals surface area contributed by atoms with E-state index in [9.17, 15) is 9.59 Å². The maximum absolute atomic E-state index is 11.0. The molecule has 1 aromatic carbocycles. The second-order valence-electron chi connectivity index (χ2n) is 7.96. The van der Waals surface area contributed by atoms with Crippen LogP contribution in [0.3, 0.4) is 0 Å². The predicted molar refractivity (Wildman–Crippen MR) is 119 cm³/mol. The van der Waals surface area contributed by atoms with Gasteiger partial charge >= 0.3 is 11.9 Å². The zero-order valence-electron chi connectivity index (χ0n) is 18.4. The number of likely N-dealkylation sites (N-methyl/N-ethyl adjacent to an activating group) is 1. The summed E-state index contributed by atoms with van der Waals surface area (Å²) in [7, 11) is 4.04. The first-order chi connectivity index (χ1) is 14.3. The Morgan fingerprint density at radius 3 is 1.77 bits per heavy atom. The lowest BCUT2D eigenvalue weighted by Gasteiger charge is -2.27. The van der Waals surface area contributed by atoms with Crippen LogP contribution in [0.2, 0.25) is 0 Å². The van der Waals surface area contributed by atoms with Crippen LogP contribution in [0.1, 0.15) is 24.0 Å². The summed E-state index contributed by atoms with van der Waals surface area (Å²) in [6, 6.07) is 8.63. The Hall–Kier alpha value is -2.00. The molecule has 0 amide bonds. The largest absolute Gasteiger partial charge is 0.480 e. The molecule has 8 heteroatoms. The average Bonchev–Trinajstić information content (AvgIpc) is 2.66. The van der Waals surface area contributed by atoms with Gasteiger partial charge in [-0.1, -0.05) is 24.3 Å². The summed E-state index contributed by atoms with van der Waals surface area (Å²) < 4.78 is 0. The quantitative estimate of drug-likeness (QED) is 0.317. The molecule has 0 saturated heterocycles. The molecule has 0 saturated carbocycles. The van der Waals surface area contributed by atoms with Gasteiger partial charge in [-0.3, -0.25) is 14.5 Å². The Bertz CT molecular complexity index is 606. The van der Waals surface area contributed by atoms with Crippen LogP contribution in [-0.4, -0.2) is 103 Å². The number of carbonyl (C=O) groups is 2. The predicted octanol–water partition coefficient (Wildman–Crippen LogP) is 0.845. The molecule has 0 unspecified atom stereocenters. The van der Waals surface area contributed by atoms with E-state index >= 15 is 0 Å². The van der Waals surface area contributed by atoms with Crippen LogP contribution in [0.4, 0.5) is 0 Å². The maximum Gasteiger partial charge on any atom is 0.317 e. The van der Waals surface area contributed by atoms with E-state index in [2.05, 4.69) is 34.1 Å². The fraction of sp³-hybridized carbons (Fsp3) is 0.636. The van der Waals surface area contributed by atoms with Crippen LogP contribution in [0.25, 0.3) is 0 Å².